The van der Waals surface area contributed by atoms with Crippen molar-refractivity contribution in [3.63, 3.8) is 0 Å². The number of nitrogens with one attached hydrogen (secondary N) is 3. The van der Waals surface area contributed by atoms with Crippen molar-refractivity contribution in [3.8, 4) is 0 Å². The van der Waals surface area contributed by atoms with E-state index in [9.17, 15) is 32.4 Å². The Labute approximate surface area is 285 Å². The van der Waals surface area contributed by atoms with Crippen molar-refractivity contribution >= 4 is 51.4 Å². The minimum absolute atomic E-state index is 0.0887. The van der Waals surface area contributed by atoms with Crippen molar-refractivity contribution in [1.29, 1.82) is 0 Å². The first-order valence-corrected chi connectivity index (χ1v) is 18.3. The Bertz CT molecular complexity index is 1570. The van der Waals surface area contributed by atoms with Gasteiger partial charge in [-0.25, -0.2) is 18.0 Å². The van der Waals surface area contributed by atoms with E-state index in [0.717, 1.165) is 12.8 Å². The van der Waals surface area contributed by atoms with E-state index >= 15 is 0 Å². The molecule has 3 fully saturated rings. The second kappa shape index (κ2) is 14.1. The van der Waals surface area contributed by atoms with Crippen LogP contribution < -0.4 is 15.4 Å². The number of alkyl carbamates (subject to hydrolysis) is 1. The van der Waals surface area contributed by atoms with E-state index in [4.69, 9.17) is 21.1 Å². The number of hydrogen-bond donors (Lipinski definition) is 3. The first-order valence-electron chi connectivity index (χ1n) is 16.4. The van der Waals surface area contributed by atoms with Crippen LogP contribution in [-0.4, -0.2) is 84.2 Å². The van der Waals surface area contributed by atoms with Crippen LogP contribution >= 0.6 is 11.6 Å². The Kier molecular flexibility index (Phi) is 10.4. The molecule has 4 amide bonds. The molecule has 15 heteroatoms. The highest BCUT2D eigenvalue weighted by molar-refractivity contribution is 7.91. The third kappa shape index (κ3) is 8.68. The summed E-state index contributed by atoms with van der Waals surface area (Å²) in [5, 5.41) is 5.24. The smallest absolute Gasteiger partial charge is 0.408 e. The first-order chi connectivity index (χ1) is 22.6. The number of hydrogen-bond acceptors (Lipinski definition) is 9. The zero-order chi connectivity index (χ0) is 34.9. The molecule has 1 saturated heterocycles. The van der Waals surface area contributed by atoms with Crippen LogP contribution in [0.15, 0.2) is 36.4 Å². The van der Waals surface area contributed by atoms with E-state index in [1.165, 1.54) is 29.2 Å². The molecule has 4 aliphatic rings. The predicted octanol–water partition coefficient (Wildman–Crippen LogP) is 3.36. The van der Waals surface area contributed by atoms with Crippen LogP contribution in [0.2, 0.25) is 5.02 Å². The highest BCUT2D eigenvalue weighted by atomic mass is 35.5. The van der Waals surface area contributed by atoms with Gasteiger partial charge in [0.25, 0.3) is 5.91 Å². The van der Waals surface area contributed by atoms with Crippen LogP contribution in [0.25, 0.3) is 0 Å². The van der Waals surface area contributed by atoms with E-state index in [2.05, 4.69) is 15.4 Å². The summed E-state index contributed by atoms with van der Waals surface area (Å²) in [5.74, 6) is -3.22. The fourth-order valence-corrected chi connectivity index (χ4v) is 7.59. The number of carbonyl (C=O) groups excluding carboxylic acids is 5. The van der Waals surface area contributed by atoms with E-state index < -0.39 is 80.3 Å². The lowest BCUT2D eigenvalue weighted by molar-refractivity contribution is -0.141. The number of halogens is 1. The van der Waals surface area contributed by atoms with Gasteiger partial charge in [0.15, 0.2) is 0 Å². The van der Waals surface area contributed by atoms with Crippen molar-refractivity contribution in [2.24, 2.45) is 5.92 Å². The fourth-order valence-electron chi connectivity index (χ4n) is 6.10. The number of allylic oxidation sites excluding steroid dienone is 1. The van der Waals surface area contributed by atoms with Crippen LogP contribution in [0.4, 0.5) is 4.79 Å². The van der Waals surface area contributed by atoms with Gasteiger partial charge in [-0.15, -0.1) is 0 Å². The molecule has 0 spiro atoms. The molecule has 262 valence electrons. The maximum Gasteiger partial charge on any atom is 0.408 e. The Balaban J connectivity index is 1.42. The first kappa shape index (κ1) is 35.7. The van der Waals surface area contributed by atoms with Crippen LogP contribution in [0, 0.1) is 5.92 Å². The van der Waals surface area contributed by atoms with Gasteiger partial charge in [0.05, 0.1) is 17.4 Å². The van der Waals surface area contributed by atoms with Gasteiger partial charge in [-0.05, 0) is 83.6 Å². The molecule has 2 heterocycles. The number of benzene rings is 1. The molecule has 1 aromatic rings. The molecular formula is C33H43ClN4O9S. The maximum absolute atomic E-state index is 14.2. The zero-order valence-corrected chi connectivity index (χ0v) is 28.9. The van der Waals surface area contributed by atoms with Gasteiger partial charge in [-0.2, -0.15) is 0 Å². The summed E-state index contributed by atoms with van der Waals surface area (Å²) in [5.41, 5.74) is -2.13. The lowest BCUT2D eigenvalue weighted by Crippen LogP contribution is -2.58. The van der Waals surface area contributed by atoms with E-state index in [-0.39, 0.29) is 31.4 Å². The number of rotatable bonds is 6. The summed E-state index contributed by atoms with van der Waals surface area (Å²) < 4.78 is 38.7. The number of fused-ring (bicyclic) bond motifs is 2. The molecule has 5 atom stereocenters. The van der Waals surface area contributed by atoms with E-state index in [1.54, 1.807) is 20.8 Å². The summed E-state index contributed by atoms with van der Waals surface area (Å²) >= 11 is 5.95. The van der Waals surface area contributed by atoms with E-state index in [0.29, 0.717) is 30.7 Å². The minimum Gasteiger partial charge on any atom is -0.457 e. The molecule has 2 saturated carbocycles. The normalized spacial score (nSPS) is 28.8. The third-order valence-electron chi connectivity index (χ3n) is 8.89. The number of ether oxygens (including phenoxy) is 2. The highest BCUT2D eigenvalue weighted by Gasteiger charge is 2.62. The van der Waals surface area contributed by atoms with Crippen molar-refractivity contribution in [2.45, 2.75) is 113 Å². The van der Waals surface area contributed by atoms with Crippen LogP contribution in [0.3, 0.4) is 0 Å². The second-order valence-corrected chi connectivity index (χ2v) is 16.4. The van der Waals surface area contributed by atoms with Crippen molar-refractivity contribution in [2.75, 3.05) is 6.54 Å². The van der Waals surface area contributed by atoms with Gasteiger partial charge in [0.2, 0.25) is 21.8 Å². The lowest BCUT2D eigenvalue weighted by Gasteiger charge is -2.30. The Hall–Kier alpha value is -3.65. The van der Waals surface area contributed by atoms with Gasteiger partial charge < -0.3 is 25.0 Å². The molecule has 0 bridgehead atoms. The monoisotopic (exact) mass is 706 g/mol. The molecule has 2 aliphatic heterocycles. The summed E-state index contributed by atoms with van der Waals surface area (Å²) in [6, 6.07) is 3.83. The lowest BCUT2D eigenvalue weighted by atomic mass is 10.0. The Morgan fingerprint density at radius 3 is 2.42 bits per heavy atom. The topological polar surface area (TPSA) is 177 Å². The van der Waals surface area contributed by atoms with Crippen molar-refractivity contribution < 1.29 is 41.9 Å². The molecular weight excluding hydrogens is 664 g/mol. The van der Waals surface area contributed by atoms with Gasteiger partial charge in [0, 0.05) is 17.4 Å². The Morgan fingerprint density at radius 1 is 1.04 bits per heavy atom. The highest BCUT2D eigenvalue weighted by Crippen LogP contribution is 2.46. The molecule has 2 aliphatic carbocycles. The second-order valence-electron chi connectivity index (χ2n) is 14.0. The van der Waals surface area contributed by atoms with Crippen LogP contribution in [-0.2, 0) is 33.9 Å². The van der Waals surface area contributed by atoms with Gasteiger partial charge >= 0.3 is 12.1 Å². The minimum atomic E-state index is -3.90. The van der Waals surface area contributed by atoms with Crippen LogP contribution in [0.5, 0.6) is 0 Å². The average molecular weight is 707 g/mol. The summed E-state index contributed by atoms with van der Waals surface area (Å²) in [4.78, 5) is 68.8. The molecule has 1 aromatic carbocycles. The van der Waals surface area contributed by atoms with Gasteiger partial charge in [-0.3, -0.25) is 19.1 Å². The molecule has 48 heavy (non-hydrogen) atoms. The summed E-state index contributed by atoms with van der Waals surface area (Å²) in [7, 11) is -3.90. The summed E-state index contributed by atoms with van der Waals surface area (Å²) in [6.07, 6.45) is 6.10. The van der Waals surface area contributed by atoms with Gasteiger partial charge in [-0.1, -0.05) is 36.6 Å². The van der Waals surface area contributed by atoms with Crippen molar-refractivity contribution in [3.05, 3.63) is 47.0 Å². The summed E-state index contributed by atoms with van der Waals surface area (Å²) in [6.45, 7) is 4.95. The van der Waals surface area contributed by atoms with E-state index in [1.807, 2.05) is 12.2 Å². The number of amides is 4. The molecule has 13 nitrogen and oxygen atoms in total. The maximum atomic E-state index is 14.2. The molecule has 3 N–H and O–H groups in total. The SMILES string of the molecule is CC(C)(C)OC(=O)NC1CCCCC/C=C\C2CC2(C(=O)NS(=O)(=O)C2CC2)NC(=O)C2CC(OC(=O)c3ccc(Cl)cc3)CN2C1=O. The number of sulfonamides is 1. The quantitative estimate of drug-likeness (QED) is 0.296. The predicted molar refractivity (Wildman–Crippen MR) is 175 cm³/mol. The van der Waals surface area contributed by atoms with Crippen LogP contribution in [0.1, 0.15) is 88.9 Å². The molecule has 0 aromatic heterocycles. The molecule has 0 radical (unpaired) electrons. The standard InChI is InChI=1S/C33H43ClN4O9S/c1-32(2,3)47-31(43)35-25-10-8-6-4-5-7-9-21-18-33(21,30(42)37-48(44,45)24-15-16-24)36-27(39)26-17-23(19-38(26)28(25)40)46-29(41)20-11-13-22(34)14-12-20/h7,9,11-14,21,23-26H,4-6,8,10,15-19H2,1-3H3,(H,35,43)(H,36,39)(H,37,42)/b9-7-. The van der Waals surface area contributed by atoms with Crippen molar-refractivity contribution in [1.82, 2.24) is 20.3 Å². The average Bonchev–Trinajstić information content (AvgIpc) is 3.92. The Morgan fingerprint density at radius 2 is 1.75 bits per heavy atom. The number of nitrogens with zero attached hydrogens (tertiary/aromatic N) is 1. The largest absolute Gasteiger partial charge is 0.457 e. The third-order valence-corrected chi connectivity index (χ3v) is 11.0. The molecule has 5 unspecified atom stereocenters. The van der Waals surface area contributed by atoms with Gasteiger partial charge in [0.1, 0.15) is 29.3 Å². The molecule has 5 rings (SSSR count). The number of esters is 1. The number of carbonyl (C=O) groups is 5. The zero-order valence-electron chi connectivity index (χ0n) is 27.3. The fraction of sp³-hybridized carbons (Fsp3) is 0.606.